The van der Waals surface area contributed by atoms with Gasteiger partial charge in [-0.25, -0.2) is 0 Å². The minimum Gasteiger partial charge on any atom is -0.349 e. The van der Waals surface area contributed by atoms with E-state index in [1.165, 1.54) is 4.88 Å². The molecule has 1 aromatic heterocycles. The minimum absolute atomic E-state index is 0.0373. The summed E-state index contributed by atoms with van der Waals surface area (Å²) in [6.45, 7) is 3.62. The molecular weight excluding hydrogens is 170 g/mol. The Morgan fingerprint density at radius 1 is 1.75 bits per heavy atom. The van der Waals surface area contributed by atoms with Crippen molar-refractivity contribution in [3.63, 3.8) is 0 Å². The predicted octanol–water partition coefficient (Wildman–Crippen LogP) is 2.34. The van der Waals surface area contributed by atoms with Crippen LogP contribution in [0.25, 0.3) is 0 Å². The van der Waals surface area contributed by atoms with Crippen molar-refractivity contribution in [2.45, 2.75) is 26.3 Å². The van der Waals surface area contributed by atoms with Gasteiger partial charge in [-0.1, -0.05) is 13.0 Å². The zero-order chi connectivity index (χ0) is 8.97. The Labute approximate surface area is 76.6 Å². The van der Waals surface area contributed by atoms with Crippen LogP contribution in [0.1, 0.15) is 31.2 Å². The molecule has 0 saturated carbocycles. The molecular formula is C9H13NOS. The van der Waals surface area contributed by atoms with E-state index >= 15 is 0 Å². The second-order valence-corrected chi connectivity index (χ2v) is 3.66. The van der Waals surface area contributed by atoms with Crippen molar-refractivity contribution in [1.82, 2.24) is 5.32 Å². The molecule has 0 unspecified atom stereocenters. The van der Waals surface area contributed by atoms with Crippen LogP contribution in [0, 0.1) is 0 Å². The molecule has 0 aliphatic carbocycles. The van der Waals surface area contributed by atoms with Gasteiger partial charge in [0, 0.05) is 11.8 Å². The maximum atomic E-state index is 10.8. The van der Waals surface area contributed by atoms with Crippen LogP contribution in [0.3, 0.4) is 0 Å². The maximum Gasteiger partial charge on any atom is 0.217 e. The fourth-order valence-corrected chi connectivity index (χ4v) is 1.97. The fourth-order valence-electron chi connectivity index (χ4n) is 1.11. The molecule has 0 fully saturated rings. The molecule has 0 radical (unpaired) electrons. The standard InChI is InChI=1S/C9H13NOS/c1-3-8(10-7(2)11)9-5-4-6-12-9/h4-6,8H,3H2,1-2H3,(H,10,11)/t8-/m1/s1. The van der Waals surface area contributed by atoms with Crippen LogP contribution in [0.15, 0.2) is 17.5 Å². The first-order valence-electron chi connectivity index (χ1n) is 4.04. The third-order valence-corrected chi connectivity index (χ3v) is 2.66. The predicted molar refractivity (Wildman–Crippen MR) is 51.2 cm³/mol. The number of amides is 1. The molecule has 1 atom stereocenters. The first-order valence-corrected chi connectivity index (χ1v) is 4.92. The van der Waals surface area contributed by atoms with Crippen molar-refractivity contribution in [2.75, 3.05) is 0 Å². The van der Waals surface area contributed by atoms with E-state index in [1.807, 2.05) is 11.4 Å². The van der Waals surface area contributed by atoms with Gasteiger partial charge in [0.25, 0.3) is 0 Å². The summed E-state index contributed by atoms with van der Waals surface area (Å²) in [6, 6.07) is 4.25. The van der Waals surface area contributed by atoms with E-state index in [1.54, 1.807) is 18.3 Å². The molecule has 1 heterocycles. The highest BCUT2D eigenvalue weighted by molar-refractivity contribution is 7.10. The Morgan fingerprint density at radius 3 is 2.92 bits per heavy atom. The van der Waals surface area contributed by atoms with Crippen molar-refractivity contribution in [3.8, 4) is 0 Å². The van der Waals surface area contributed by atoms with Gasteiger partial charge in [-0.05, 0) is 17.9 Å². The summed E-state index contributed by atoms with van der Waals surface area (Å²) in [4.78, 5) is 12.0. The number of rotatable bonds is 3. The van der Waals surface area contributed by atoms with E-state index < -0.39 is 0 Å². The minimum atomic E-state index is 0.0373. The molecule has 12 heavy (non-hydrogen) atoms. The van der Waals surface area contributed by atoms with Gasteiger partial charge in [0.05, 0.1) is 6.04 Å². The van der Waals surface area contributed by atoms with Crippen molar-refractivity contribution in [3.05, 3.63) is 22.4 Å². The Morgan fingerprint density at radius 2 is 2.50 bits per heavy atom. The van der Waals surface area contributed by atoms with Crippen LogP contribution < -0.4 is 5.32 Å². The first kappa shape index (κ1) is 9.26. The summed E-state index contributed by atoms with van der Waals surface area (Å²) in [5.74, 6) is 0.0373. The summed E-state index contributed by atoms with van der Waals surface area (Å²) >= 11 is 1.68. The monoisotopic (exact) mass is 183 g/mol. The molecule has 2 nitrogen and oxygen atoms in total. The Kier molecular flexibility index (Phi) is 3.29. The molecule has 1 N–H and O–H groups in total. The zero-order valence-electron chi connectivity index (χ0n) is 7.33. The molecule has 1 aromatic rings. The molecule has 66 valence electrons. The van der Waals surface area contributed by atoms with Crippen molar-refractivity contribution >= 4 is 17.2 Å². The largest absolute Gasteiger partial charge is 0.349 e. The van der Waals surface area contributed by atoms with Gasteiger partial charge >= 0.3 is 0 Å². The van der Waals surface area contributed by atoms with E-state index in [-0.39, 0.29) is 11.9 Å². The third-order valence-electron chi connectivity index (χ3n) is 1.67. The normalized spacial score (nSPS) is 12.5. The summed E-state index contributed by atoms with van der Waals surface area (Å²) in [5.41, 5.74) is 0. The summed E-state index contributed by atoms with van der Waals surface area (Å²) in [7, 11) is 0. The van der Waals surface area contributed by atoms with Crippen molar-refractivity contribution in [2.24, 2.45) is 0 Å². The van der Waals surface area contributed by atoms with Gasteiger partial charge in [-0.3, -0.25) is 4.79 Å². The van der Waals surface area contributed by atoms with E-state index in [4.69, 9.17) is 0 Å². The zero-order valence-corrected chi connectivity index (χ0v) is 8.15. The van der Waals surface area contributed by atoms with E-state index in [0.29, 0.717) is 0 Å². The smallest absolute Gasteiger partial charge is 0.217 e. The molecule has 0 aliphatic heterocycles. The molecule has 1 amide bonds. The number of nitrogens with one attached hydrogen (secondary N) is 1. The lowest BCUT2D eigenvalue weighted by Gasteiger charge is -2.13. The SMILES string of the molecule is CC[C@@H](NC(C)=O)c1cccs1. The molecule has 0 aromatic carbocycles. The van der Waals surface area contributed by atoms with E-state index in [2.05, 4.69) is 18.3 Å². The lowest BCUT2D eigenvalue weighted by molar-refractivity contribution is -0.119. The van der Waals surface area contributed by atoms with Crippen molar-refractivity contribution < 1.29 is 4.79 Å². The number of carbonyl (C=O) groups is 1. The third kappa shape index (κ3) is 2.34. The van der Waals surface area contributed by atoms with Crippen LogP contribution in [0.2, 0.25) is 0 Å². The number of hydrogen-bond acceptors (Lipinski definition) is 2. The summed E-state index contributed by atoms with van der Waals surface area (Å²) in [5, 5.41) is 4.93. The van der Waals surface area contributed by atoms with Crippen LogP contribution in [-0.4, -0.2) is 5.91 Å². The van der Waals surface area contributed by atoms with Gasteiger partial charge in [-0.2, -0.15) is 0 Å². The quantitative estimate of drug-likeness (QED) is 0.765. The highest BCUT2D eigenvalue weighted by Gasteiger charge is 2.09. The second kappa shape index (κ2) is 4.26. The highest BCUT2D eigenvalue weighted by Crippen LogP contribution is 2.21. The van der Waals surface area contributed by atoms with E-state index in [9.17, 15) is 4.79 Å². The highest BCUT2D eigenvalue weighted by atomic mass is 32.1. The topological polar surface area (TPSA) is 29.1 Å². The lowest BCUT2D eigenvalue weighted by Crippen LogP contribution is -2.24. The average Bonchev–Trinajstić information content (AvgIpc) is 2.51. The molecule has 0 bridgehead atoms. The van der Waals surface area contributed by atoms with Gasteiger partial charge in [0.15, 0.2) is 0 Å². The number of carbonyl (C=O) groups excluding carboxylic acids is 1. The van der Waals surface area contributed by atoms with E-state index in [0.717, 1.165) is 6.42 Å². The molecule has 0 saturated heterocycles. The second-order valence-electron chi connectivity index (χ2n) is 2.68. The van der Waals surface area contributed by atoms with Gasteiger partial charge in [0.2, 0.25) is 5.91 Å². The van der Waals surface area contributed by atoms with Crippen LogP contribution >= 0.6 is 11.3 Å². The molecule has 0 spiro atoms. The Hall–Kier alpha value is -0.830. The van der Waals surface area contributed by atoms with Crippen LogP contribution in [-0.2, 0) is 4.79 Å². The number of thiophene rings is 1. The van der Waals surface area contributed by atoms with Gasteiger partial charge in [-0.15, -0.1) is 11.3 Å². The first-order chi connectivity index (χ1) is 5.74. The summed E-state index contributed by atoms with van der Waals surface area (Å²) in [6.07, 6.45) is 0.945. The lowest BCUT2D eigenvalue weighted by atomic mass is 10.2. The Bertz CT molecular complexity index is 243. The fraction of sp³-hybridized carbons (Fsp3) is 0.444. The average molecular weight is 183 g/mol. The molecule has 1 rings (SSSR count). The maximum absolute atomic E-state index is 10.8. The van der Waals surface area contributed by atoms with Crippen molar-refractivity contribution in [1.29, 1.82) is 0 Å². The Balaban J connectivity index is 2.63. The van der Waals surface area contributed by atoms with Gasteiger partial charge in [0.1, 0.15) is 0 Å². The van der Waals surface area contributed by atoms with Gasteiger partial charge < -0.3 is 5.32 Å². The number of hydrogen-bond donors (Lipinski definition) is 1. The van der Waals surface area contributed by atoms with Crippen LogP contribution in [0.4, 0.5) is 0 Å². The summed E-state index contributed by atoms with van der Waals surface area (Å²) < 4.78 is 0. The molecule has 0 aliphatic rings. The molecule has 3 heteroatoms. The van der Waals surface area contributed by atoms with Crippen LogP contribution in [0.5, 0.6) is 0 Å².